The summed E-state index contributed by atoms with van der Waals surface area (Å²) in [5, 5.41) is 0. The van der Waals surface area contributed by atoms with E-state index in [4.69, 9.17) is 7.85 Å². The van der Waals surface area contributed by atoms with Gasteiger partial charge in [-0.3, -0.25) is 0 Å². The Balaban J connectivity index is 2.82. The fraction of sp³-hybridized carbons (Fsp3) is 0.111. The van der Waals surface area contributed by atoms with Gasteiger partial charge in [0.2, 0.25) is 0 Å². The fourth-order valence-electron chi connectivity index (χ4n) is 0.686. The van der Waals surface area contributed by atoms with Crippen LogP contribution >= 0.6 is 0 Å². The van der Waals surface area contributed by atoms with Crippen LogP contribution in [0.5, 0.6) is 0 Å². The van der Waals surface area contributed by atoms with Gasteiger partial charge in [-0.2, -0.15) is 0 Å². The molecule has 0 bridgehead atoms. The second-order valence-corrected chi connectivity index (χ2v) is 2.01. The van der Waals surface area contributed by atoms with Crippen LogP contribution in [0.15, 0.2) is 24.3 Å². The van der Waals surface area contributed by atoms with Crippen molar-refractivity contribution in [2.45, 2.75) is 6.32 Å². The van der Waals surface area contributed by atoms with Gasteiger partial charge in [0.05, 0.1) is 7.85 Å². The van der Waals surface area contributed by atoms with Crippen LogP contribution in [0.4, 0.5) is 4.39 Å². The zero-order valence-corrected chi connectivity index (χ0v) is 5.97. The summed E-state index contributed by atoms with van der Waals surface area (Å²) < 4.78 is 12.3. The minimum absolute atomic E-state index is 0.247. The van der Waals surface area contributed by atoms with Gasteiger partial charge in [-0.15, -0.1) is 5.92 Å². The van der Waals surface area contributed by atoms with E-state index in [-0.39, 0.29) is 5.82 Å². The van der Waals surface area contributed by atoms with Crippen molar-refractivity contribution in [2.75, 3.05) is 0 Å². The molecule has 0 nitrogen and oxygen atoms in total. The average Bonchev–Trinajstić information content (AvgIpc) is 2.04. The molecule has 0 fully saturated rings. The van der Waals surface area contributed by atoms with Crippen molar-refractivity contribution in [1.82, 2.24) is 0 Å². The lowest BCUT2D eigenvalue weighted by molar-refractivity contribution is 0.627. The van der Waals surface area contributed by atoms with Crippen molar-refractivity contribution < 1.29 is 4.39 Å². The first-order valence-electron chi connectivity index (χ1n) is 3.27. The van der Waals surface area contributed by atoms with E-state index in [1.165, 1.54) is 12.1 Å². The van der Waals surface area contributed by atoms with Gasteiger partial charge in [0.25, 0.3) is 0 Å². The van der Waals surface area contributed by atoms with Crippen molar-refractivity contribution in [2.24, 2.45) is 0 Å². The van der Waals surface area contributed by atoms with E-state index < -0.39 is 0 Å². The van der Waals surface area contributed by atoms with Crippen LogP contribution < -0.4 is 0 Å². The van der Waals surface area contributed by atoms with Crippen LogP contribution in [-0.2, 0) is 0 Å². The van der Waals surface area contributed by atoms with Crippen molar-refractivity contribution in [3.05, 3.63) is 35.6 Å². The minimum Gasteiger partial charge on any atom is -0.207 e. The molecule has 0 N–H and O–H groups in total. The molecule has 0 saturated carbocycles. The minimum atomic E-state index is -0.247. The molecule has 0 aliphatic heterocycles. The van der Waals surface area contributed by atoms with E-state index in [1.807, 2.05) is 0 Å². The highest BCUT2D eigenvalue weighted by Gasteiger charge is 1.86. The van der Waals surface area contributed by atoms with E-state index >= 15 is 0 Å². The number of benzene rings is 1. The average molecular weight is 144 g/mol. The Bertz CT molecular complexity index is 279. The zero-order chi connectivity index (χ0) is 8.10. The second-order valence-electron chi connectivity index (χ2n) is 2.01. The lowest BCUT2D eigenvalue weighted by atomic mass is 10.1. The molecule has 0 saturated heterocycles. The van der Waals surface area contributed by atoms with Gasteiger partial charge >= 0.3 is 0 Å². The van der Waals surface area contributed by atoms with Crippen LogP contribution in [0.25, 0.3) is 0 Å². The van der Waals surface area contributed by atoms with Crippen LogP contribution in [-0.4, -0.2) is 7.85 Å². The summed E-state index contributed by atoms with van der Waals surface area (Å²) in [5.74, 6) is 5.22. The summed E-state index contributed by atoms with van der Waals surface area (Å²) in [5.41, 5.74) is 0.789. The van der Waals surface area contributed by atoms with Crippen molar-refractivity contribution in [3.63, 3.8) is 0 Å². The molecule has 0 heterocycles. The molecule has 1 rings (SSSR count). The molecule has 0 aromatic heterocycles. The lowest BCUT2D eigenvalue weighted by Crippen LogP contribution is -1.75. The molecule has 0 unspecified atom stereocenters. The monoisotopic (exact) mass is 144 g/mol. The lowest BCUT2D eigenvalue weighted by Gasteiger charge is -1.87. The van der Waals surface area contributed by atoms with E-state index in [0.717, 1.165) is 5.56 Å². The Morgan fingerprint density at radius 1 is 1.27 bits per heavy atom. The summed E-state index contributed by atoms with van der Waals surface area (Å²) in [6, 6.07) is 6.00. The summed E-state index contributed by atoms with van der Waals surface area (Å²) in [4.78, 5) is 0. The predicted molar refractivity (Wildman–Crippen MR) is 43.8 cm³/mol. The molecule has 52 valence electrons. The molecule has 0 spiro atoms. The molecule has 2 radical (unpaired) electrons. The Kier molecular flexibility index (Phi) is 2.74. The summed E-state index contributed by atoms with van der Waals surface area (Å²) in [6.07, 6.45) is 0.331. The molecule has 0 aliphatic rings. The van der Waals surface area contributed by atoms with E-state index in [2.05, 4.69) is 11.8 Å². The quantitative estimate of drug-likeness (QED) is 0.384. The SMILES string of the molecule is [B]CC#Cc1ccc(F)cc1. The summed E-state index contributed by atoms with van der Waals surface area (Å²) in [7, 11) is 5.16. The molecule has 0 amide bonds. The zero-order valence-electron chi connectivity index (χ0n) is 5.97. The van der Waals surface area contributed by atoms with Crippen molar-refractivity contribution >= 4 is 7.85 Å². The van der Waals surface area contributed by atoms with Crippen molar-refractivity contribution in [1.29, 1.82) is 0 Å². The van der Waals surface area contributed by atoms with Gasteiger partial charge in [-0.1, -0.05) is 5.92 Å². The highest BCUT2D eigenvalue weighted by atomic mass is 19.1. The van der Waals surface area contributed by atoms with Crippen molar-refractivity contribution in [3.8, 4) is 11.8 Å². The van der Waals surface area contributed by atoms with E-state index in [0.29, 0.717) is 6.32 Å². The largest absolute Gasteiger partial charge is 0.207 e. The molecule has 0 aliphatic carbocycles. The third kappa shape index (κ3) is 2.47. The third-order valence-corrected chi connectivity index (χ3v) is 1.18. The van der Waals surface area contributed by atoms with Gasteiger partial charge < -0.3 is 0 Å². The Morgan fingerprint density at radius 2 is 1.91 bits per heavy atom. The fourth-order valence-corrected chi connectivity index (χ4v) is 0.686. The van der Waals surface area contributed by atoms with Gasteiger partial charge in [0.1, 0.15) is 5.82 Å². The molecule has 2 heteroatoms. The molecule has 1 aromatic carbocycles. The van der Waals surface area contributed by atoms with Gasteiger partial charge in [-0.05, 0) is 30.6 Å². The Morgan fingerprint density at radius 3 is 2.45 bits per heavy atom. The first kappa shape index (κ1) is 7.88. The maximum absolute atomic E-state index is 12.3. The smallest absolute Gasteiger partial charge is 0.123 e. The molecule has 11 heavy (non-hydrogen) atoms. The van der Waals surface area contributed by atoms with Crippen LogP contribution in [0, 0.1) is 17.7 Å². The maximum atomic E-state index is 12.3. The van der Waals surface area contributed by atoms with Gasteiger partial charge in [-0.25, -0.2) is 4.39 Å². The van der Waals surface area contributed by atoms with Gasteiger partial charge in [0, 0.05) is 5.56 Å². The maximum Gasteiger partial charge on any atom is 0.123 e. The normalized spacial score (nSPS) is 8.45. The number of hydrogen-bond acceptors (Lipinski definition) is 0. The van der Waals surface area contributed by atoms with Gasteiger partial charge in [0.15, 0.2) is 0 Å². The molecule has 1 aromatic rings. The highest BCUT2D eigenvalue weighted by molar-refractivity contribution is 6.10. The van der Waals surface area contributed by atoms with E-state index in [1.54, 1.807) is 12.1 Å². The van der Waals surface area contributed by atoms with Crippen LogP contribution in [0.1, 0.15) is 5.56 Å². The summed E-state index contributed by atoms with van der Waals surface area (Å²) >= 11 is 0. The topological polar surface area (TPSA) is 0 Å². The molecular formula is C9H6BF. The third-order valence-electron chi connectivity index (χ3n) is 1.18. The standard InChI is InChI=1S/C9H6BF/c10-7-1-2-8-3-5-9(11)6-4-8/h3-6H,7H2. The first-order valence-corrected chi connectivity index (χ1v) is 3.27. The first-order chi connectivity index (χ1) is 5.33. The second kappa shape index (κ2) is 3.83. The van der Waals surface area contributed by atoms with Crippen LogP contribution in [0.2, 0.25) is 6.32 Å². The number of halogens is 1. The number of rotatable bonds is 0. The Hall–Kier alpha value is -1.23. The van der Waals surface area contributed by atoms with E-state index in [9.17, 15) is 4.39 Å². The molecular weight excluding hydrogens is 138 g/mol. The highest BCUT2D eigenvalue weighted by Crippen LogP contribution is 2.00. The summed E-state index contributed by atoms with van der Waals surface area (Å²) in [6.45, 7) is 0. The molecule has 0 atom stereocenters. The number of hydrogen-bond donors (Lipinski definition) is 0. The Labute approximate surface area is 66.8 Å². The van der Waals surface area contributed by atoms with Crippen LogP contribution in [0.3, 0.4) is 0 Å². The predicted octanol–water partition coefficient (Wildman–Crippen LogP) is 1.76.